The zero-order valence-corrected chi connectivity index (χ0v) is 14.3. The molecule has 1 aromatic rings. The van der Waals surface area contributed by atoms with Gasteiger partial charge in [0.15, 0.2) is 0 Å². The molecule has 20 heavy (non-hydrogen) atoms. The first-order chi connectivity index (χ1) is 9.63. The van der Waals surface area contributed by atoms with Crippen molar-refractivity contribution < 1.29 is 0 Å². The minimum Gasteiger partial charge on any atom is -0.369 e. The minimum atomic E-state index is 0.785. The fourth-order valence-corrected chi connectivity index (χ4v) is 3.32. The number of hydrogen-bond donors (Lipinski definition) is 1. The molecule has 0 saturated carbocycles. The molecule has 0 spiro atoms. The third-order valence-corrected chi connectivity index (χ3v) is 4.83. The van der Waals surface area contributed by atoms with Crippen LogP contribution >= 0.6 is 15.9 Å². The number of halogens is 1. The molecule has 5 heteroatoms. The van der Waals surface area contributed by atoms with Crippen molar-refractivity contribution in [2.75, 3.05) is 29.9 Å². The summed E-state index contributed by atoms with van der Waals surface area (Å²) in [5, 5.41) is 3.34. The van der Waals surface area contributed by atoms with E-state index in [1.165, 1.54) is 12.8 Å². The number of nitrogens with one attached hydrogen (secondary N) is 1. The van der Waals surface area contributed by atoms with Crippen LogP contribution in [0.2, 0.25) is 0 Å². The molecule has 112 valence electrons. The van der Waals surface area contributed by atoms with Crippen LogP contribution < -0.4 is 10.2 Å². The Balaban J connectivity index is 2.06. The van der Waals surface area contributed by atoms with E-state index in [2.05, 4.69) is 56.9 Å². The van der Waals surface area contributed by atoms with Gasteiger partial charge in [-0.2, -0.15) is 0 Å². The maximum absolute atomic E-state index is 4.47. The number of piperidine rings is 1. The SMILES string of the molecule is CCCNc1ncnc(N2CCC(C(C)C)CC2)c1Br. The summed E-state index contributed by atoms with van der Waals surface area (Å²) in [4.78, 5) is 11.2. The van der Waals surface area contributed by atoms with Crippen LogP contribution in [0.3, 0.4) is 0 Å². The molecule has 1 aromatic heterocycles. The molecule has 0 aromatic carbocycles. The summed E-state index contributed by atoms with van der Waals surface area (Å²) in [5.74, 6) is 3.57. The summed E-state index contributed by atoms with van der Waals surface area (Å²) in [5.41, 5.74) is 0. The van der Waals surface area contributed by atoms with Gasteiger partial charge in [-0.05, 0) is 47.0 Å². The molecule has 0 radical (unpaired) electrons. The number of aromatic nitrogens is 2. The van der Waals surface area contributed by atoms with Crippen molar-refractivity contribution in [1.29, 1.82) is 0 Å². The first-order valence-corrected chi connectivity index (χ1v) is 8.42. The summed E-state index contributed by atoms with van der Waals surface area (Å²) < 4.78 is 0.997. The van der Waals surface area contributed by atoms with E-state index in [4.69, 9.17) is 0 Å². The van der Waals surface area contributed by atoms with Crippen LogP contribution in [0, 0.1) is 11.8 Å². The lowest BCUT2D eigenvalue weighted by Crippen LogP contribution is -2.36. The second kappa shape index (κ2) is 7.25. The fourth-order valence-electron chi connectivity index (χ4n) is 2.73. The number of rotatable bonds is 5. The zero-order chi connectivity index (χ0) is 14.5. The van der Waals surface area contributed by atoms with Crippen LogP contribution in [0.5, 0.6) is 0 Å². The lowest BCUT2D eigenvalue weighted by atomic mass is 9.87. The summed E-state index contributed by atoms with van der Waals surface area (Å²) >= 11 is 3.66. The maximum atomic E-state index is 4.47. The number of anilines is 2. The zero-order valence-electron chi connectivity index (χ0n) is 12.7. The van der Waals surface area contributed by atoms with Gasteiger partial charge in [0.05, 0.1) is 0 Å². The summed E-state index contributed by atoms with van der Waals surface area (Å²) in [6, 6.07) is 0. The molecule has 1 saturated heterocycles. The van der Waals surface area contributed by atoms with E-state index in [0.29, 0.717) is 0 Å². The molecule has 0 atom stereocenters. The van der Waals surface area contributed by atoms with Gasteiger partial charge in [0.1, 0.15) is 22.4 Å². The first-order valence-electron chi connectivity index (χ1n) is 7.62. The van der Waals surface area contributed by atoms with Gasteiger partial charge in [-0.25, -0.2) is 9.97 Å². The van der Waals surface area contributed by atoms with Gasteiger partial charge in [-0.15, -0.1) is 0 Å². The predicted molar refractivity (Wildman–Crippen MR) is 88.3 cm³/mol. The largest absolute Gasteiger partial charge is 0.369 e. The standard InChI is InChI=1S/C15H25BrN4/c1-4-7-17-14-13(16)15(19-10-18-14)20-8-5-12(6-9-20)11(2)3/h10-12H,4-9H2,1-3H3,(H,17,18,19). The van der Waals surface area contributed by atoms with Crippen molar-refractivity contribution in [2.45, 2.75) is 40.0 Å². The average Bonchev–Trinajstić information content (AvgIpc) is 2.46. The van der Waals surface area contributed by atoms with Crippen LogP contribution in [0.25, 0.3) is 0 Å². The molecule has 0 unspecified atom stereocenters. The van der Waals surface area contributed by atoms with E-state index in [9.17, 15) is 0 Å². The van der Waals surface area contributed by atoms with Crippen molar-refractivity contribution in [2.24, 2.45) is 11.8 Å². The van der Waals surface area contributed by atoms with Crippen LogP contribution in [0.1, 0.15) is 40.0 Å². The Morgan fingerprint density at radius 2 is 2.05 bits per heavy atom. The van der Waals surface area contributed by atoms with E-state index < -0.39 is 0 Å². The quantitative estimate of drug-likeness (QED) is 0.881. The van der Waals surface area contributed by atoms with Crippen molar-refractivity contribution in [3.63, 3.8) is 0 Å². The van der Waals surface area contributed by atoms with E-state index in [-0.39, 0.29) is 0 Å². The molecule has 2 heterocycles. The predicted octanol–water partition coefficient (Wildman–Crippen LogP) is 3.93. The van der Waals surface area contributed by atoms with Gasteiger partial charge in [-0.3, -0.25) is 0 Å². The Labute approximate surface area is 130 Å². The van der Waals surface area contributed by atoms with E-state index in [1.54, 1.807) is 6.33 Å². The molecule has 1 aliphatic rings. The normalized spacial score (nSPS) is 16.8. The Morgan fingerprint density at radius 1 is 1.35 bits per heavy atom. The highest BCUT2D eigenvalue weighted by Crippen LogP contribution is 2.33. The minimum absolute atomic E-state index is 0.785. The Kier molecular flexibility index (Phi) is 5.64. The molecule has 0 amide bonds. The number of nitrogens with zero attached hydrogens (tertiary/aromatic N) is 3. The molecular formula is C15H25BrN4. The fraction of sp³-hybridized carbons (Fsp3) is 0.733. The van der Waals surface area contributed by atoms with Crippen molar-refractivity contribution in [3.8, 4) is 0 Å². The van der Waals surface area contributed by atoms with Crippen LogP contribution in [0.4, 0.5) is 11.6 Å². The highest BCUT2D eigenvalue weighted by Gasteiger charge is 2.24. The third-order valence-electron chi connectivity index (χ3n) is 4.10. The molecule has 0 bridgehead atoms. The molecule has 2 rings (SSSR count). The molecule has 1 fully saturated rings. The molecule has 1 aliphatic heterocycles. The highest BCUT2D eigenvalue weighted by molar-refractivity contribution is 9.10. The molecule has 0 aliphatic carbocycles. The average molecular weight is 341 g/mol. The van der Waals surface area contributed by atoms with Crippen molar-refractivity contribution in [3.05, 3.63) is 10.8 Å². The monoisotopic (exact) mass is 340 g/mol. The lowest BCUT2D eigenvalue weighted by molar-refractivity contribution is 0.310. The number of hydrogen-bond acceptors (Lipinski definition) is 4. The summed E-state index contributed by atoms with van der Waals surface area (Å²) in [6.45, 7) is 9.92. The highest BCUT2D eigenvalue weighted by atomic mass is 79.9. The Bertz CT molecular complexity index is 428. The van der Waals surface area contributed by atoms with Gasteiger partial charge in [0.2, 0.25) is 0 Å². The van der Waals surface area contributed by atoms with Gasteiger partial charge >= 0.3 is 0 Å². The second-order valence-electron chi connectivity index (χ2n) is 5.86. The summed E-state index contributed by atoms with van der Waals surface area (Å²) in [6.07, 6.45) is 5.26. The third kappa shape index (κ3) is 3.62. The molecule has 4 nitrogen and oxygen atoms in total. The van der Waals surface area contributed by atoms with E-state index in [1.807, 2.05) is 0 Å². The molecular weight excluding hydrogens is 316 g/mol. The Morgan fingerprint density at radius 3 is 2.65 bits per heavy atom. The van der Waals surface area contributed by atoms with Gasteiger partial charge in [0.25, 0.3) is 0 Å². The lowest BCUT2D eigenvalue weighted by Gasteiger charge is -2.35. The smallest absolute Gasteiger partial charge is 0.148 e. The van der Waals surface area contributed by atoms with E-state index >= 15 is 0 Å². The van der Waals surface area contributed by atoms with Crippen LogP contribution in [0.15, 0.2) is 10.8 Å². The van der Waals surface area contributed by atoms with Gasteiger partial charge < -0.3 is 10.2 Å². The van der Waals surface area contributed by atoms with Gasteiger partial charge in [0, 0.05) is 19.6 Å². The van der Waals surface area contributed by atoms with E-state index in [0.717, 1.165) is 54.0 Å². The van der Waals surface area contributed by atoms with Crippen molar-refractivity contribution >= 4 is 27.6 Å². The maximum Gasteiger partial charge on any atom is 0.148 e. The van der Waals surface area contributed by atoms with Crippen LogP contribution in [-0.2, 0) is 0 Å². The molecule has 1 N–H and O–H groups in total. The van der Waals surface area contributed by atoms with Crippen molar-refractivity contribution in [1.82, 2.24) is 9.97 Å². The summed E-state index contributed by atoms with van der Waals surface area (Å²) in [7, 11) is 0. The second-order valence-corrected chi connectivity index (χ2v) is 6.65. The van der Waals surface area contributed by atoms with Crippen LogP contribution in [-0.4, -0.2) is 29.6 Å². The topological polar surface area (TPSA) is 41.1 Å². The Hall–Kier alpha value is -0.840. The first kappa shape index (κ1) is 15.5. The van der Waals surface area contributed by atoms with Gasteiger partial charge in [-0.1, -0.05) is 20.8 Å².